The van der Waals surface area contributed by atoms with Gasteiger partial charge in [0.1, 0.15) is 11.9 Å². The number of carbonyl (C=O) groups excluding carboxylic acids is 3. The average Bonchev–Trinajstić information content (AvgIpc) is 3.47. The lowest BCUT2D eigenvalue weighted by Gasteiger charge is -2.23. The van der Waals surface area contributed by atoms with Gasteiger partial charge in [-0.05, 0) is 78.6 Å². The highest BCUT2D eigenvalue weighted by Crippen LogP contribution is 2.32. The number of aromatic nitrogens is 1. The Balaban J connectivity index is 1.36. The number of carbonyl (C=O) groups is 3. The maximum Gasteiger partial charge on any atom is 0.258 e. The summed E-state index contributed by atoms with van der Waals surface area (Å²) in [5.41, 5.74) is 3.84. The molecule has 11 heteroatoms. The molecule has 2 atom stereocenters. The van der Waals surface area contributed by atoms with Gasteiger partial charge in [0, 0.05) is 43.0 Å². The van der Waals surface area contributed by atoms with E-state index < -0.39 is 12.1 Å². The molecule has 47 heavy (non-hydrogen) atoms. The van der Waals surface area contributed by atoms with Crippen LogP contribution < -0.4 is 30.4 Å². The molecule has 1 aromatic heterocycles. The summed E-state index contributed by atoms with van der Waals surface area (Å²) < 4.78 is 19.4. The minimum absolute atomic E-state index is 0.160. The molecule has 1 fully saturated rings. The molecule has 0 saturated carbocycles. The van der Waals surface area contributed by atoms with E-state index in [0.717, 1.165) is 22.3 Å². The van der Waals surface area contributed by atoms with E-state index in [-0.39, 0.29) is 55.1 Å². The minimum Gasteiger partial charge on any atom is -0.493 e. The lowest BCUT2D eigenvalue weighted by atomic mass is 9.97. The van der Waals surface area contributed by atoms with Crippen molar-refractivity contribution in [1.82, 2.24) is 20.1 Å². The largest absolute Gasteiger partial charge is 0.493 e. The molecule has 3 aliphatic rings. The number of methoxy groups -OCH3 is 1. The Bertz CT molecular complexity index is 1900. The molecule has 0 aliphatic carbocycles. The number of fused-ring (bicyclic) bond motifs is 7. The summed E-state index contributed by atoms with van der Waals surface area (Å²) >= 11 is 0. The van der Waals surface area contributed by atoms with Crippen molar-refractivity contribution in [2.45, 2.75) is 39.1 Å². The fourth-order valence-corrected chi connectivity index (χ4v) is 5.84. The van der Waals surface area contributed by atoms with Crippen molar-refractivity contribution in [1.29, 1.82) is 0 Å². The normalized spacial score (nSPS) is 17.9. The third-order valence-corrected chi connectivity index (χ3v) is 8.46. The highest BCUT2D eigenvalue weighted by atomic mass is 16.5. The maximum atomic E-state index is 13.8. The first-order chi connectivity index (χ1) is 22.7. The number of benzene rings is 3. The maximum absolute atomic E-state index is 13.8. The summed E-state index contributed by atoms with van der Waals surface area (Å²) in [6.45, 7) is 4.70. The molecule has 1 saturated heterocycles. The molecule has 4 heterocycles. The molecule has 3 amide bonds. The quantitative estimate of drug-likeness (QED) is 0.352. The van der Waals surface area contributed by atoms with Crippen LogP contribution in [-0.2, 0) is 17.9 Å². The van der Waals surface area contributed by atoms with Gasteiger partial charge < -0.3 is 34.3 Å². The third-order valence-electron chi connectivity index (χ3n) is 8.46. The van der Waals surface area contributed by atoms with Crippen LogP contribution in [0.1, 0.15) is 38.8 Å². The zero-order chi connectivity index (χ0) is 33.1. The Labute approximate surface area is 272 Å². The summed E-state index contributed by atoms with van der Waals surface area (Å²) in [6.07, 6.45) is 0.966. The van der Waals surface area contributed by atoms with Crippen molar-refractivity contribution < 1.29 is 28.6 Å². The predicted molar refractivity (Wildman–Crippen MR) is 175 cm³/mol. The van der Waals surface area contributed by atoms with Crippen LogP contribution in [0.4, 0.5) is 0 Å². The second-order valence-corrected chi connectivity index (χ2v) is 11.6. The molecule has 0 spiro atoms. The van der Waals surface area contributed by atoms with Gasteiger partial charge in [0.15, 0.2) is 18.1 Å². The number of nitrogens with zero attached hydrogens (tertiary/aromatic N) is 2. The Morgan fingerprint density at radius 2 is 1.83 bits per heavy atom. The van der Waals surface area contributed by atoms with Gasteiger partial charge in [0.2, 0.25) is 0 Å². The first-order valence-corrected chi connectivity index (χ1v) is 15.5. The SMILES string of the molecule is CCn1ccc(C(=O)N2C[C@@H]3NC(=O)c4ccc(C)c(c4)-c4cccc(c4)OCC(=O)NCc4ccc(c(OC)c4)O[C@H]3C2)cc1=O. The summed E-state index contributed by atoms with van der Waals surface area (Å²) in [4.78, 5) is 54.1. The number of pyridine rings is 1. The van der Waals surface area contributed by atoms with Gasteiger partial charge >= 0.3 is 0 Å². The van der Waals surface area contributed by atoms with Crippen LogP contribution in [0.3, 0.4) is 0 Å². The van der Waals surface area contributed by atoms with Crippen molar-refractivity contribution >= 4 is 17.7 Å². The van der Waals surface area contributed by atoms with Crippen molar-refractivity contribution in [2.75, 3.05) is 26.8 Å². The van der Waals surface area contributed by atoms with Crippen molar-refractivity contribution in [3.63, 3.8) is 0 Å². The number of nitrogens with one attached hydrogen (secondary N) is 2. The summed E-state index contributed by atoms with van der Waals surface area (Å²) in [5, 5.41) is 5.96. The number of likely N-dealkylation sites (tertiary alicyclic amines) is 1. The zero-order valence-electron chi connectivity index (χ0n) is 26.4. The average molecular weight is 637 g/mol. The van der Waals surface area contributed by atoms with Gasteiger partial charge in [-0.15, -0.1) is 0 Å². The molecule has 2 N–H and O–H groups in total. The Morgan fingerprint density at radius 3 is 2.62 bits per heavy atom. The predicted octanol–water partition coefficient (Wildman–Crippen LogP) is 3.56. The zero-order valence-corrected chi connectivity index (χ0v) is 26.4. The number of rotatable bonds is 3. The van der Waals surface area contributed by atoms with Crippen molar-refractivity contribution in [3.05, 3.63) is 112 Å². The molecule has 3 aliphatic heterocycles. The summed E-state index contributed by atoms with van der Waals surface area (Å²) in [7, 11) is 1.52. The second kappa shape index (κ2) is 13.4. The molecular weight excluding hydrogens is 600 g/mol. The second-order valence-electron chi connectivity index (χ2n) is 11.6. The highest BCUT2D eigenvalue weighted by molar-refractivity contribution is 5.97. The van der Waals surface area contributed by atoms with Crippen LogP contribution >= 0.6 is 0 Å². The van der Waals surface area contributed by atoms with Crippen LogP contribution in [0.25, 0.3) is 11.1 Å². The fraction of sp³-hybridized carbons (Fsp3) is 0.278. The lowest BCUT2D eigenvalue weighted by Crippen LogP contribution is -2.45. The molecule has 242 valence electrons. The van der Waals surface area contributed by atoms with Crippen LogP contribution in [0, 0.1) is 6.92 Å². The smallest absolute Gasteiger partial charge is 0.258 e. The van der Waals surface area contributed by atoms with Gasteiger partial charge in [-0.1, -0.05) is 24.3 Å². The molecule has 6 bridgehead atoms. The van der Waals surface area contributed by atoms with Gasteiger partial charge in [-0.2, -0.15) is 0 Å². The van der Waals surface area contributed by atoms with Crippen molar-refractivity contribution in [3.8, 4) is 28.4 Å². The van der Waals surface area contributed by atoms with Gasteiger partial charge in [-0.25, -0.2) is 0 Å². The Hall–Kier alpha value is -5.58. The molecule has 0 unspecified atom stereocenters. The molecular formula is C36H36N4O7. The van der Waals surface area contributed by atoms with Crippen molar-refractivity contribution in [2.24, 2.45) is 0 Å². The van der Waals surface area contributed by atoms with E-state index in [1.807, 2.05) is 50.2 Å². The molecule has 11 nitrogen and oxygen atoms in total. The standard InChI is InChI=1S/C36H36N4O7/c1-4-39-13-12-26(17-34(39)42)36(44)40-19-29-32(20-40)47-30-11-9-23(14-31(30)45-3)18-37-33(41)21-46-27-7-5-6-24(15-27)28-16-25(35(43)38-29)10-8-22(28)2/h5-17,29,32H,4,18-21H2,1-3H3,(H,37,41)(H,38,43)/t29-,32-/m0/s1. The highest BCUT2D eigenvalue weighted by Gasteiger charge is 2.39. The number of hydrogen-bond donors (Lipinski definition) is 2. The van der Waals surface area contributed by atoms with E-state index in [2.05, 4.69) is 10.6 Å². The number of ether oxygens (including phenoxy) is 3. The fourth-order valence-electron chi connectivity index (χ4n) is 5.84. The van der Waals surface area contributed by atoms with E-state index in [1.54, 1.807) is 41.4 Å². The lowest BCUT2D eigenvalue weighted by molar-refractivity contribution is -0.123. The topological polar surface area (TPSA) is 128 Å². The molecule has 0 radical (unpaired) electrons. The van der Waals surface area contributed by atoms with Crippen LogP contribution in [-0.4, -0.2) is 66.1 Å². The van der Waals surface area contributed by atoms with E-state index in [0.29, 0.717) is 29.4 Å². The van der Waals surface area contributed by atoms with Gasteiger partial charge in [-0.3, -0.25) is 19.2 Å². The summed E-state index contributed by atoms with van der Waals surface area (Å²) in [5.74, 6) is 0.421. The van der Waals surface area contributed by atoms with E-state index in [1.165, 1.54) is 17.7 Å². The number of amides is 3. The molecule has 4 aromatic rings. The van der Waals surface area contributed by atoms with Crippen LogP contribution in [0.5, 0.6) is 17.2 Å². The summed E-state index contributed by atoms with van der Waals surface area (Å²) in [6, 6.07) is 20.5. The van der Waals surface area contributed by atoms with E-state index in [9.17, 15) is 19.2 Å². The molecule has 3 aromatic carbocycles. The first-order valence-electron chi connectivity index (χ1n) is 15.5. The first kappa shape index (κ1) is 31.4. The monoisotopic (exact) mass is 636 g/mol. The van der Waals surface area contributed by atoms with Crippen LogP contribution in [0.2, 0.25) is 0 Å². The number of aryl methyl sites for hydroxylation is 2. The Morgan fingerprint density at radius 1 is 0.979 bits per heavy atom. The van der Waals surface area contributed by atoms with E-state index in [4.69, 9.17) is 14.2 Å². The van der Waals surface area contributed by atoms with Gasteiger partial charge in [0.05, 0.1) is 19.7 Å². The third kappa shape index (κ3) is 6.84. The Kier molecular flexibility index (Phi) is 8.97. The van der Waals surface area contributed by atoms with Gasteiger partial charge in [0.25, 0.3) is 23.3 Å². The van der Waals surface area contributed by atoms with Crippen LogP contribution in [0.15, 0.2) is 83.8 Å². The van der Waals surface area contributed by atoms with E-state index >= 15 is 0 Å². The molecule has 7 rings (SSSR count). The minimum atomic E-state index is -0.636. The number of hydrogen-bond acceptors (Lipinski definition) is 7.